The molecule has 0 fully saturated rings. The third kappa shape index (κ3) is 1.48. The average Bonchev–Trinajstić information content (AvgIpc) is 2.61. The van der Waals surface area contributed by atoms with Gasteiger partial charge in [-0.05, 0) is 18.2 Å². The van der Waals surface area contributed by atoms with Gasteiger partial charge in [-0.3, -0.25) is 0 Å². The molecule has 13 heavy (non-hydrogen) atoms. The zero-order valence-corrected chi connectivity index (χ0v) is 7.32. The fourth-order valence-corrected chi connectivity index (χ4v) is 1.18. The van der Waals surface area contributed by atoms with E-state index < -0.39 is 0 Å². The molecule has 4 nitrogen and oxygen atoms in total. The normalized spacial score (nSPS) is 10.2. The Morgan fingerprint density at radius 3 is 2.92 bits per heavy atom. The number of hydrogen-bond acceptors (Lipinski definition) is 4. The van der Waals surface area contributed by atoms with E-state index in [1.54, 1.807) is 18.2 Å². The zero-order chi connectivity index (χ0) is 9.26. The molecular weight excluding hydrogens is 190 g/mol. The second kappa shape index (κ2) is 3.06. The minimum absolute atomic E-state index is 0.375. The molecule has 5 heteroatoms. The maximum absolute atomic E-state index is 5.79. The van der Waals surface area contributed by atoms with Crippen LogP contribution in [0.15, 0.2) is 29.0 Å². The molecule has 0 bridgehead atoms. The lowest BCUT2D eigenvalue weighted by molar-refractivity contribution is 0.569. The van der Waals surface area contributed by atoms with Crippen molar-refractivity contribution in [3.05, 3.63) is 29.6 Å². The van der Waals surface area contributed by atoms with Crippen LogP contribution in [0, 0.1) is 0 Å². The van der Waals surface area contributed by atoms with Gasteiger partial charge >= 0.3 is 0 Å². The van der Waals surface area contributed by atoms with Crippen molar-refractivity contribution >= 4 is 17.3 Å². The highest BCUT2D eigenvalue weighted by atomic mass is 35.5. The predicted octanol–water partition coefficient (Wildman–Crippen LogP) is 1.97. The van der Waals surface area contributed by atoms with Gasteiger partial charge in [0.05, 0.1) is 5.56 Å². The summed E-state index contributed by atoms with van der Waals surface area (Å²) in [5.74, 6) is 0.375. The van der Waals surface area contributed by atoms with Crippen molar-refractivity contribution in [3.63, 3.8) is 0 Å². The number of hydrogen-bond donors (Lipinski definition) is 1. The van der Waals surface area contributed by atoms with E-state index in [1.807, 2.05) is 0 Å². The molecule has 1 aromatic carbocycles. The molecule has 0 saturated heterocycles. The minimum Gasteiger partial charge on any atom is -0.423 e. The number of nitrogens with zero attached hydrogens (tertiary/aromatic N) is 2. The van der Waals surface area contributed by atoms with E-state index in [4.69, 9.17) is 21.8 Å². The summed E-state index contributed by atoms with van der Waals surface area (Å²) in [6.07, 6.45) is 1.25. The number of halogens is 1. The molecule has 0 spiro atoms. The van der Waals surface area contributed by atoms with Gasteiger partial charge in [-0.25, -0.2) is 0 Å². The number of nitrogens with two attached hydrogens (primary N) is 1. The molecule has 2 N–H and O–H groups in total. The van der Waals surface area contributed by atoms with Crippen LogP contribution in [0.5, 0.6) is 0 Å². The summed E-state index contributed by atoms with van der Waals surface area (Å²) in [5.41, 5.74) is 6.92. The van der Waals surface area contributed by atoms with Crippen LogP contribution in [-0.2, 0) is 0 Å². The van der Waals surface area contributed by atoms with Crippen LogP contribution in [0.3, 0.4) is 0 Å². The molecule has 1 aromatic heterocycles. The highest BCUT2D eigenvalue weighted by Gasteiger charge is 2.07. The Bertz CT molecular complexity index is 413. The lowest BCUT2D eigenvalue weighted by atomic mass is 10.2. The van der Waals surface area contributed by atoms with Crippen molar-refractivity contribution in [1.29, 1.82) is 0 Å². The molecule has 2 rings (SSSR count). The molecular formula is C8H6ClN3O. The van der Waals surface area contributed by atoms with E-state index in [1.165, 1.54) is 6.39 Å². The van der Waals surface area contributed by atoms with E-state index >= 15 is 0 Å². The van der Waals surface area contributed by atoms with Crippen LogP contribution in [-0.4, -0.2) is 10.2 Å². The van der Waals surface area contributed by atoms with Crippen molar-refractivity contribution in [3.8, 4) is 11.5 Å². The number of aromatic nitrogens is 2. The third-order valence-corrected chi connectivity index (χ3v) is 1.84. The van der Waals surface area contributed by atoms with Gasteiger partial charge in [-0.1, -0.05) is 11.6 Å². The summed E-state index contributed by atoms with van der Waals surface area (Å²) >= 11 is 5.79. The van der Waals surface area contributed by atoms with Gasteiger partial charge in [-0.2, -0.15) is 0 Å². The maximum Gasteiger partial charge on any atom is 0.249 e. The van der Waals surface area contributed by atoms with E-state index in [0.29, 0.717) is 22.2 Å². The molecule has 0 saturated carbocycles. The summed E-state index contributed by atoms with van der Waals surface area (Å²) < 4.78 is 4.99. The number of rotatable bonds is 1. The molecule has 1 heterocycles. The second-order valence-corrected chi connectivity index (χ2v) is 2.91. The average molecular weight is 196 g/mol. The standard InChI is InChI=1S/C8H6ClN3O/c9-5-1-2-7(10)6(3-5)8-12-11-4-13-8/h1-4H,10H2. The number of benzene rings is 1. The Labute approximate surface area is 79.3 Å². The molecule has 0 atom stereocenters. The highest BCUT2D eigenvalue weighted by molar-refractivity contribution is 6.31. The Balaban J connectivity index is 2.57. The van der Waals surface area contributed by atoms with Crippen molar-refractivity contribution < 1.29 is 4.42 Å². The third-order valence-electron chi connectivity index (χ3n) is 1.61. The molecule has 0 aliphatic carbocycles. The van der Waals surface area contributed by atoms with Crippen LogP contribution in [0.1, 0.15) is 0 Å². The summed E-state index contributed by atoms with van der Waals surface area (Å²) in [7, 11) is 0. The Hall–Kier alpha value is -1.55. The maximum atomic E-state index is 5.79. The molecule has 0 unspecified atom stereocenters. The Morgan fingerprint density at radius 2 is 2.23 bits per heavy atom. The molecule has 2 aromatic rings. The topological polar surface area (TPSA) is 64.9 Å². The lowest BCUT2D eigenvalue weighted by Crippen LogP contribution is -1.89. The summed E-state index contributed by atoms with van der Waals surface area (Å²) in [6, 6.07) is 5.09. The first kappa shape index (κ1) is 8.07. The number of anilines is 1. The lowest BCUT2D eigenvalue weighted by Gasteiger charge is -1.99. The fourth-order valence-electron chi connectivity index (χ4n) is 1.00. The fraction of sp³-hybridized carbons (Fsp3) is 0. The van der Waals surface area contributed by atoms with Crippen molar-refractivity contribution in [2.75, 3.05) is 5.73 Å². The summed E-state index contributed by atoms with van der Waals surface area (Å²) in [4.78, 5) is 0. The first-order valence-electron chi connectivity index (χ1n) is 3.59. The molecule has 0 aliphatic heterocycles. The summed E-state index contributed by atoms with van der Waals surface area (Å²) in [5, 5.41) is 7.87. The van der Waals surface area contributed by atoms with E-state index in [-0.39, 0.29) is 0 Å². The molecule has 0 amide bonds. The van der Waals surface area contributed by atoms with E-state index in [0.717, 1.165) is 0 Å². The van der Waals surface area contributed by atoms with Crippen LogP contribution < -0.4 is 5.73 Å². The van der Waals surface area contributed by atoms with Gasteiger partial charge in [0.1, 0.15) is 0 Å². The summed E-state index contributed by atoms with van der Waals surface area (Å²) in [6.45, 7) is 0. The minimum atomic E-state index is 0.375. The van der Waals surface area contributed by atoms with E-state index in [2.05, 4.69) is 10.2 Å². The highest BCUT2D eigenvalue weighted by Crippen LogP contribution is 2.26. The predicted molar refractivity (Wildman–Crippen MR) is 49.2 cm³/mol. The molecule has 0 aliphatic rings. The SMILES string of the molecule is Nc1ccc(Cl)cc1-c1nnco1. The van der Waals surface area contributed by atoms with Crippen molar-refractivity contribution in [1.82, 2.24) is 10.2 Å². The second-order valence-electron chi connectivity index (χ2n) is 2.48. The van der Waals surface area contributed by atoms with Gasteiger partial charge in [0.2, 0.25) is 12.3 Å². The van der Waals surface area contributed by atoms with Gasteiger partial charge in [-0.15, -0.1) is 10.2 Å². The smallest absolute Gasteiger partial charge is 0.249 e. The monoisotopic (exact) mass is 195 g/mol. The first-order valence-corrected chi connectivity index (χ1v) is 3.97. The number of nitrogen functional groups attached to an aromatic ring is 1. The van der Waals surface area contributed by atoms with Crippen LogP contribution >= 0.6 is 11.6 Å². The molecule has 66 valence electrons. The first-order chi connectivity index (χ1) is 6.27. The van der Waals surface area contributed by atoms with Crippen molar-refractivity contribution in [2.45, 2.75) is 0 Å². The van der Waals surface area contributed by atoms with E-state index in [9.17, 15) is 0 Å². The largest absolute Gasteiger partial charge is 0.423 e. The van der Waals surface area contributed by atoms with Crippen LogP contribution in [0.2, 0.25) is 5.02 Å². The van der Waals surface area contributed by atoms with Crippen LogP contribution in [0.25, 0.3) is 11.5 Å². The zero-order valence-electron chi connectivity index (χ0n) is 6.57. The Kier molecular flexibility index (Phi) is 1.90. The van der Waals surface area contributed by atoms with Gasteiger partial charge in [0.25, 0.3) is 0 Å². The Morgan fingerprint density at radius 1 is 1.38 bits per heavy atom. The van der Waals surface area contributed by atoms with Crippen LogP contribution in [0.4, 0.5) is 5.69 Å². The quantitative estimate of drug-likeness (QED) is 0.707. The molecule has 0 radical (unpaired) electrons. The van der Waals surface area contributed by atoms with Gasteiger partial charge < -0.3 is 10.2 Å². The van der Waals surface area contributed by atoms with Crippen molar-refractivity contribution in [2.24, 2.45) is 0 Å². The van der Waals surface area contributed by atoms with Gasteiger partial charge in [0.15, 0.2) is 0 Å². The van der Waals surface area contributed by atoms with Gasteiger partial charge in [0, 0.05) is 10.7 Å².